The molecule has 19 heavy (non-hydrogen) atoms. The van der Waals surface area contributed by atoms with E-state index in [9.17, 15) is 4.79 Å². The lowest BCUT2D eigenvalue weighted by molar-refractivity contribution is 0.578. The van der Waals surface area contributed by atoms with Crippen molar-refractivity contribution in [3.8, 4) is 0 Å². The van der Waals surface area contributed by atoms with E-state index >= 15 is 0 Å². The highest BCUT2D eigenvalue weighted by molar-refractivity contribution is 5.82. The van der Waals surface area contributed by atoms with Gasteiger partial charge in [-0.3, -0.25) is 4.79 Å². The fraction of sp³-hybridized carbons (Fsp3) is 0.438. The molecule has 0 aliphatic carbocycles. The van der Waals surface area contributed by atoms with Gasteiger partial charge in [0, 0.05) is 41.4 Å². The summed E-state index contributed by atoms with van der Waals surface area (Å²) in [6, 6.07) is 7.93. The Morgan fingerprint density at radius 1 is 1.16 bits per heavy atom. The highest BCUT2D eigenvalue weighted by Gasteiger charge is 2.12. The Bertz CT molecular complexity index is 639. The van der Waals surface area contributed by atoms with Gasteiger partial charge in [0.1, 0.15) is 0 Å². The van der Waals surface area contributed by atoms with Crippen molar-refractivity contribution in [3.63, 3.8) is 0 Å². The lowest BCUT2D eigenvalue weighted by atomic mass is 10.1. The number of benzene rings is 1. The van der Waals surface area contributed by atoms with Gasteiger partial charge in [-0.25, -0.2) is 0 Å². The molecular weight excluding hydrogens is 236 g/mol. The van der Waals surface area contributed by atoms with Crippen LogP contribution in [0.25, 0.3) is 10.9 Å². The van der Waals surface area contributed by atoms with Crippen LogP contribution in [-0.4, -0.2) is 18.1 Å². The zero-order valence-corrected chi connectivity index (χ0v) is 11.4. The lowest BCUT2D eigenvalue weighted by Gasteiger charge is -2.28. The van der Waals surface area contributed by atoms with Gasteiger partial charge in [0.05, 0.1) is 0 Å². The van der Waals surface area contributed by atoms with Gasteiger partial charge in [0.25, 0.3) is 0 Å². The number of hydrogen-bond donors (Lipinski definition) is 1. The Kier molecular flexibility index (Phi) is 3.28. The minimum absolute atomic E-state index is 0.129. The molecule has 0 spiro atoms. The number of pyridine rings is 1. The highest BCUT2D eigenvalue weighted by Crippen LogP contribution is 2.22. The SMILES string of the molecule is CCc1cc(=O)c2cc(N3CCCCC3)ccc2[nH]1. The molecule has 1 N–H and O–H groups in total. The predicted octanol–water partition coefficient (Wildman–Crippen LogP) is 3.08. The van der Waals surface area contributed by atoms with Crippen LogP contribution in [-0.2, 0) is 6.42 Å². The van der Waals surface area contributed by atoms with Crippen molar-refractivity contribution in [2.45, 2.75) is 32.6 Å². The van der Waals surface area contributed by atoms with E-state index in [1.54, 1.807) is 6.07 Å². The Hall–Kier alpha value is -1.77. The Balaban J connectivity index is 2.05. The average Bonchev–Trinajstić information content (AvgIpc) is 2.47. The molecule has 2 aromatic rings. The summed E-state index contributed by atoms with van der Waals surface area (Å²) in [7, 11) is 0. The average molecular weight is 256 g/mol. The first-order valence-electron chi connectivity index (χ1n) is 7.19. The number of nitrogens with zero attached hydrogens (tertiary/aromatic N) is 1. The third-order valence-electron chi connectivity index (χ3n) is 3.97. The Morgan fingerprint density at radius 3 is 2.68 bits per heavy atom. The number of H-pyrrole nitrogens is 1. The standard InChI is InChI=1S/C16H20N2O/c1-2-12-10-16(19)14-11-13(6-7-15(14)17-12)18-8-4-3-5-9-18/h6-7,10-11H,2-5,8-9H2,1H3,(H,17,19). The zero-order valence-electron chi connectivity index (χ0n) is 11.4. The Morgan fingerprint density at radius 2 is 1.95 bits per heavy atom. The number of rotatable bonds is 2. The van der Waals surface area contributed by atoms with E-state index in [2.05, 4.69) is 22.9 Å². The van der Waals surface area contributed by atoms with Crippen LogP contribution in [0.5, 0.6) is 0 Å². The zero-order chi connectivity index (χ0) is 13.2. The van der Waals surface area contributed by atoms with E-state index in [0.29, 0.717) is 0 Å². The lowest BCUT2D eigenvalue weighted by Crippen LogP contribution is -2.29. The van der Waals surface area contributed by atoms with Gasteiger partial charge in [0.2, 0.25) is 0 Å². The third kappa shape index (κ3) is 2.37. The summed E-state index contributed by atoms with van der Waals surface area (Å²) >= 11 is 0. The highest BCUT2D eigenvalue weighted by atomic mass is 16.1. The van der Waals surface area contributed by atoms with Crippen molar-refractivity contribution in [2.24, 2.45) is 0 Å². The molecule has 3 nitrogen and oxygen atoms in total. The molecule has 0 unspecified atom stereocenters. The minimum Gasteiger partial charge on any atom is -0.372 e. The van der Waals surface area contributed by atoms with Gasteiger partial charge in [-0.2, -0.15) is 0 Å². The molecule has 1 saturated heterocycles. The smallest absolute Gasteiger partial charge is 0.189 e. The molecule has 1 aliphatic heterocycles. The molecule has 2 heterocycles. The second-order valence-corrected chi connectivity index (χ2v) is 5.29. The van der Waals surface area contributed by atoms with E-state index in [0.717, 1.165) is 36.1 Å². The van der Waals surface area contributed by atoms with E-state index in [-0.39, 0.29) is 5.43 Å². The van der Waals surface area contributed by atoms with Gasteiger partial charge in [0.15, 0.2) is 5.43 Å². The maximum absolute atomic E-state index is 12.2. The molecular formula is C16H20N2O. The van der Waals surface area contributed by atoms with Crippen molar-refractivity contribution in [1.82, 2.24) is 4.98 Å². The second-order valence-electron chi connectivity index (χ2n) is 5.29. The topological polar surface area (TPSA) is 36.1 Å². The fourth-order valence-corrected chi connectivity index (χ4v) is 2.83. The van der Waals surface area contributed by atoms with E-state index in [1.165, 1.54) is 24.9 Å². The molecule has 1 aromatic carbocycles. The molecule has 100 valence electrons. The van der Waals surface area contributed by atoms with Gasteiger partial charge in [-0.1, -0.05) is 6.92 Å². The Labute approximate surface area is 113 Å². The number of aromatic amines is 1. The number of anilines is 1. The predicted molar refractivity (Wildman–Crippen MR) is 80.0 cm³/mol. The van der Waals surface area contributed by atoms with Crippen molar-refractivity contribution in [1.29, 1.82) is 0 Å². The van der Waals surface area contributed by atoms with E-state index in [1.807, 2.05) is 12.1 Å². The molecule has 3 heteroatoms. The van der Waals surface area contributed by atoms with Crippen molar-refractivity contribution in [3.05, 3.63) is 40.2 Å². The molecule has 0 saturated carbocycles. The van der Waals surface area contributed by atoms with Crippen LogP contribution in [0, 0.1) is 0 Å². The molecule has 1 fully saturated rings. The van der Waals surface area contributed by atoms with Gasteiger partial charge >= 0.3 is 0 Å². The molecule has 0 radical (unpaired) electrons. The van der Waals surface area contributed by atoms with Crippen molar-refractivity contribution >= 4 is 16.6 Å². The number of hydrogen-bond acceptors (Lipinski definition) is 2. The monoisotopic (exact) mass is 256 g/mol. The summed E-state index contributed by atoms with van der Waals surface area (Å²) in [4.78, 5) is 17.9. The number of fused-ring (bicyclic) bond motifs is 1. The van der Waals surface area contributed by atoms with E-state index in [4.69, 9.17) is 0 Å². The molecule has 0 amide bonds. The maximum Gasteiger partial charge on any atom is 0.189 e. The normalized spacial score (nSPS) is 15.9. The van der Waals surface area contributed by atoms with Gasteiger partial charge in [-0.05, 0) is 43.9 Å². The third-order valence-corrected chi connectivity index (χ3v) is 3.97. The first-order valence-corrected chi connectivity index (χ1v) is 7.19. The van der Waals surface area contributed by atoms with Gasteiger partial charge < -0.3 is 9.88 Å². The summed E-state index contributed by atoms with van der Waals surface area (Å²) in [6.07, 6.45) is 4.69. The molecule has 1 aromatic heterocycles. The van der Waals surface area contributed by atoms with Crippen molar-refractivity contribution in [2.75, 3.05) is 18.0 Å². The second kappa shape index (κ2) is 5.08. The van der Waals surface area contributed by atoms with Crippen LogP contribution >= 0.6 is 0 Å². The maximum atomic E-state index is 12.2. The largest absolute Gasteiger partial charge is 0.372 e. The molecule has 0 bridgehead atoms. The fourth-order valence-electron chi connectivity index (χ4n) is 2.83. The minimum atomic E-state index is 0.129. The van der Waals surface area contributed by atoms with Crippen LogP contribution in [0.2, 0.25) is 0 Å². The van der Waals surface area contributed by atoms with Crippen LogP contribution in [0.3, 0.4) is 0 Å². The molecule has 0 atom stereocenters. The first-order chi connectivity index (χ1) is 9.28. The van der Waals surface area contributed by atoms with E-state index < -0.39 is 0 Å². The van der Waals surface area contributed by atoms with Gasteiger partial charge in [-0.15, -0.1) is 0 Å². The summed E-state index contributed by atoms with van der Waals surface area (Å²) in [5, 5.41) is 0.806. The number of piperidine rings is 1. The first kappa shape index (κ1) is 12.3. The summed E-state index contributed by atoms with van der Waals surface area (Å²) in [5.41, 5.74) is 3.26. The quantitative estimate of drug-likeness (QED) is 0.896. The summed E-state index contributed by atoms with van der Waals surface area (Å²) in [5.74, 6) is 0. The van der Waals surface area contributed by atoms with Crippen LogP contribution in [0.1, 0.15) is 31.9 Å². The number of aryl methyl sites for hydroxylation is 1. The van der Waals surface area contributed by atoms with Crippen LogP contribution in [0.4, 0.5) is 5.69 Å². The number of nitrogens with one attached hydrogen (secondary N) is 1. The van der Waals surface area contributed by atoms with Crippen LogP contribution < -0.4 is 10.3 Å². The summed E-state index contributed by atoms with van der Waals surface area (Å²) < 4.78 is 0. The molecule has 3 rings (SSSR count). The van der Waals surface area contributed by atoms with Crippen molar-refractivity contribution < 1.29 is 0 Å². The number of aromatic nitrogens is 1. The summed E-state index contributed by atoms with van der Waals surface area (Å²) in [6.45, 7) is 4.27. The molecule has 1 aliphatic rings. The van der Waals surface area contributed by atoms with Crippen LogP contribution in [0.15, 0.2) is 29.1 Å².